The van der Waals surface area contributed by atoms with Gasteiger partial charge in [-0.3, -0.25) is 4.79 Å². The van der Waals surface area contributed by atoms with E-state index in [1.807, 2.05) is 38.1 Å². The minimum absolute atomic E-state index is 0.140. The normalized spacial score (nSPS) is 11.0. The Morgan fingerprint density at radius 2 is 1.79 bits per heavy atom. The fourth-order valence-electron chi connectivity index (χ4n) is 3.06. The van der Waals surface area contributed by atoms with Crippen molar-refractivity contribution in [2.24, 2.45) is 0 Å². The number of fused-ring (bicyclic) bond motifs is 1. The first-order valence-electron chi connectivity index (χ1n) is 9.30. The number of rotatable bonds is 8. The smallest absolute Gasteiger partial charge is 0.272 e. The average Bonchev–Trinajstić information content (AvgIpc) is 3.16. The largest absolute Gasteiger partial charge is 0.496 e. The predicted molar refractivity (Wildman–Crippen MR) is 112 cm³/mol. The number of amides is 1. The molecule has 3 aromatic rings. The highest BCUT2D eigenvalue weighted by Gasteiger charge is 2.19. The number of ether oxygens (including phenoxy) is 4. The van der Waals surface area contributed by atoms with E-state index in [1.54, 1.807) is 33.5 Å². The number of benzene rings is 2. The SMILES string of the molecule is COc1cc(OC)c2cc(C(=O)Nc3cccc(COC(C)C)c3)[nH]c2c1OC. The number of hydrogen-bond donors (Lipinski definition) is 2. The van der Waals surface area contributed by atoms with Gasteiger partial charge in [-0.1, -0.05) is 12.1 Å². The van der Waals surface area contributed by atoms with E-state index in [1.165, 1.54) is 0 Å². The highest BCUT2D eigenvalue weighted by Crippen LogP contribution is 2.41. The van der Waals surface area contributed by atoms with E-state index >= 15 is 0 Å². The van der Waals surface area contributed by atoms with E-state index in [-0.39, 0.29) is 12.0 Å². The zero-order chi connectivity index (χ0) is 21.0. The molecule has 1 amide bonds. The maximum atomic E-state index is 12.8. The van der Waals surface area contributed by atoms with Crippen LogP contribution in [0.4, 0.5) is 5.69 Å². The summed E-state index contributed by atoms with van der Waals surface area (Å²) in [6.07, 6.45) is 0.140. The van der Waals surface area contributed by atoms with E-state index < -0.39 is 0 Å². The molecule has 0 saturated heterocycles. The van der Waals surface area contributed by atoms with Gasteiger partial charge in [0.25, 0.3) is 5.91 Å². The van der Waals surface area contributed by atoms with E-state index in [0.29, 0.717) is 40.8 Å². The van der Waals surface area contributed by atoms with Crippen LogP contribution in [0.3, 0.4) is 0 Å². The van der Waals surface area contributed by atoms with Crippen LogP contribution in [-0.2, 0) is 11.3 Å². The molecule has 7 heteroatoms. The van der Waals surface area contributed by atoms with Crippen molar-refractivity contribution in [3.8, 4) is 17.2 Å². The summed E-state index contributed by atoms with van der Waals surface area (Å²) >= 11 is 0. The van der Waals surface area contributed by atoms with Crippen LogP contribution in [0.25, 0.3) is 10.9 Å². The number of aromatic amines is 1. The van der Waals surface area contributed by atoms with Crippen molar-refractivity contribution < 1.29 is 23.7 Å². The van der Waals surface area contributed by atoms with E-state index in [4.69, 9.17) is 18.9 Å². The van der Waals surface area contributed by atoms with Crippen LogP contribution in [0, 0.1) is 0 Å². The molecule has 2 aromatic carbocycles. The van der Waals surface area contributed by atoms with Crippen LogP contribution < -0.4 is 19.5 Å². The fraction of sp³-hybridized carbons (Fsp3) is 0.318. The molecule has 29 heavy (non-hydrogen) atoms. The molecular weight excluding hydrogens is 372 g/mol. The molecule has 0 spiro atoms. The molecular formula is C22H26N2O5. The standard InChI is InChI=1S/C22H26N2O5/c1-13(2)29-12-14-7-6-8-15(9-14)23-22(25)17-10-16-18(26-3)11-19(27-4)21(28-5)20(16)24-17/h6-11,13,24H,12H2,1-5H3,(H,23,25). The number of methoxy groups -OCH3 is 3. The van der Waals surface area contributed by atoms with Crippen molar-refractivity contribution in [3.05, 3.63) is 47.7 Å². The van der Waals surface area contributed by atoms with Crippen molar-refractivity contribution in [2.75, 3.05) is 26.6 Å². The Morgan fingerprint density at radius 3 is 2.45 bits per heavy atom. The first-order chi connectivity index (χ1) is 14.0. The molecule has 7 nitrogen and oxygen atoms in total. The van der Waals surface area contributed by atoms with Crippen molar-refractivity contribution in [1.29, 1.82) is 0 Å². The highest BCUT2D eigenvalue weighted by atomic mass is 16.5. The summed E-state index contributed by atoms with van der Waals surface area (Å²) in [5.41, 5.74) is 2.69. The number of aromatic nitrogens is 1. The summed E-state index contributed by atoms with van der Waals surface area (Å²) < 4.78 is 21.9. The van der Waals surface area contributed by atoms with E-state index in [2.05, 4.69) is 10.3 Å². The Kier molecular flexibility index (Phi) is 6.29. The number of nitrogens with one attached hydrogen (secondary N) is 2. The Labute approximate surface area is 169 Å². The van der Waals surface area contributed by atoms with Crippen LogP contribution >= 0.6 is 0 Å². The van der Waals surface area contributed by atoms with Gasteiger partial charge in [-0.25, -0.2) is 0 Å². The maximum absolute atomic E-state index is 12.8. The molecule has 0 atom stereocenters. The van der Waals surface area contributed by atoms with Crippen LogP contribution in [-0.4, -0.2) is 38.3 Å². The minimum atomic E-state index is -0.272. The number of hydrogen-bond acceptors (Lipinski definition) is 5. The van der Waals surface area contributed by atoms with Gasteiger partial charge in [0.05, 0.1) is 39.6 Å². The lowest BCUT2D eigenvalue weighted by Gasteiger charge is -2.11. The molecule has 0 saturated carbocycles. The summed E-state index contributed by atoms with van der Waals surface area (Å²) in [6, 6.07) is 11.0. The number of H-pyrrole nitrogens is 1. The van der Waals surface area contributed by atoms with Crippen LogP contribution in [0.15, 0.2) is 36.4 Å². The Morgan fingerprint density at radius 1 is 1.03 bits per heavy atom. The van der Waals surface area contributed by atoms with Crippen LogP contribution in [0.5, 0.6) is 17.2 Å². The molecule has 1 heterocycles. The summed E-state index contributed by atoms with van der Waals surface area (Å²) in [4.78, 5) is 15.9. The van der Waals surface area contributed by atoms with Crippen LogP contribution in [0.1, 0.15) is 29.9 Å². The molecule has 0 bridgehead atoms. The first kappa shape index (κ1) is 20.5. The van der Waals surface area contributed by atoms with Gasteiger partial charge in [0.2, 0.25) is 0 Å². The van der Waals surface area contributed by atoms with Gasteiger partial charge < -0.3 is 29.2 Å². The monoisotopic (exact) mass is 398 g/mol. The lowest BCUT2D eigenvalue weighted by molar-refractivity contribution is 0.0657. The quantitative estimate of drug-likeness (QED) is 0.589. The molecule has 1 aromatic heterocycles. The van der Waals surface area contributed by atoms with Gasteiger partial charge in [0.1, 0.15) is 11.4 Å². The molecule has 0 radical (unpaired) electrons. The van der Waals surface area contributed by atoms with Crippen molar-refractivity contribution in [2.45, 2.75) is 26.6 Å². The van der Waals surface area contributed by atoms with Crippen molar-refractivity contribution in [1.82, 2.24) is 4.98 Å². The molecule has 0 unspecified atom stereocenters. The second-order valence-corrected chi connectivity index (χ2v) is 6.80. The van der Waals surface area contributed by atoms with Gasteiger partial charge in [-0.15, -0.1) is 0 Å². The van der Waals surface area contributed by atoms with E-state index in [9.17, 15) is 4.79 Å². The summed E-state index contributed by atoms with van der Waals surface area (Å²) in [6.45, 7) is 4.46. The predicted octanol–water partition coefficient (Wildman–Crippen LogP) is 4.37. The Balaban J connectivity index is 1.89. The van der Waals surface area contributed by atoms with Crippen LogP contribution in [0.2, 0.25) is 0 Å². The van der Waals surface area contributed by atoms with Gasteiger partial charge >= 0.3 is 0 Å². The third kappa shape index (κ3) is 4.46. The van der Waals surface area contributed by atoms with E-state index in [0.717, 1.165) is 10.9 Å². The Hall–Kier alpha value is -3.19. The second-order valence-electron chi connectivity index (χ2n) is 6.80. The number of anilines is 1. The zero-order valence-corrected chi connectivity index (χ0v) is 17.3. The molecule has 0 aliphatic rings. The molecule has 0 aliphatic heterocycles. The Bertz CT molecular complexity index is 1010. The van der Waals surface area contributed by atoms with Gasteiger partial charge in [0, 0.05) is 17.1 Å². The number of carbonyl (C=O) groups excluding carboxylic acids is 1. The molecule has 3 rings (SSSR count). The van der Waals surface area contributed by atoms with Crippen molar-refractivity contribution >= 4 is 22.5 Å². The van der Waals surface area contributed by atoms with Gasteiger partial charge in [0.15, 0.2) is 11.5 Å². The lowest BCUT2D eigenvalue weighted by atomic mass is 10.2. The third-order valence-electron chi connectivity index (χ3n) is 4.45. The zero-order valence-electron chi connectivity index (χ0n) is 17.3. The number of carbonyl (C=O) groups is 1. The van der Waals surface area contributed by atoms with Crippen molar-refractivity contribution in [3.63, 3.8) is 0 Å². The minimum Gasteiger partial charge on any atom is -0.496 e. The second kappa shape index (κ2) is 8.87. The average molecular weight is 398 g/mol. The molecule has 0 fully saturated rings. The lowest BCUT2D eigenvalue weighted by Crippen LogP contribution is -2.12. The topological polar surface area (TPSA) is 81.8 Å². The maximum Gasteiger partial charge on any atom is 0.272 e. The third-order valence-corrected chi connectivity index (χ3v) is 4.45. The fourth-order valence-corrected chi connectivity index (χ4v) is 3.06. The molecule has 0 aliphatic carbocycles. The summed E-state index contributed by atoms with van der Waals surface area (Å²) in [5, 5.41) is 3.64. The summed E-state index contributed by atoms with van der Waals surface area (Å²) in [5.74, 6) is 1.34. The van der Waals surface area contributed by atoms with Gasteiger partial charge in [-0.05, 0) is 37.6 Å². The van der Waals surface area contributed by atoms with Gasteiger partial charge in [-0.2, -0.15) is 0 Å². The molecule has 154 valence electrons. The highest BCUT2D eigenvalue weighted by molar-refractivity contribution is 6.08. The first-order valence-corrected chi connectivity index (χ1v) is 9.30. The molecule has 2 N–H and O–H groups in total. The summed E-state index contributed by atoms with van der Waals surface area (Å²) in [7, 11) is 4.67.